The van der Waals surface area contributed by atoms with E-state index in [4.69, 9.17) is 0 Å². The molecule has 1 aromatic rings. The highest BCUT2D eigenvalue weighted by Gasteiger charge is 2.14. The monoisotopic (exact) mass is 202 g/mol. The van der Waals surface area contributed by atoms with Crippen molar-refractivity contribution in [1.29, 1.82) is 0 Å². The van der Waals surface area contributed by atoms with Crippen molar-refractivity contribution in [2.45, 2.75) is 11.8 Å². The zero-order valence-electron chi connectivity index (χ0n) is 7.35. The first-order chi connectivity index (χ1) is 6.06. The Labute approximate surface area is 77.2 Å². The molecule has 0 amide bonds. The lowest BCUT2D eigenvalue weighted by Crippen LogP contribution is -2.05. The van der Waals surface area contributed by atoms with E-state index in [0.717, 1.165) is 12.7 Å². The molecule has 0 saturated heterocycles. The molecule has 0 fully saturated rings. The molecule has 0 spiro atoms. The number of hydrogen-bond acceptors (Lipinski definition) is 4. The maximum atomic E-state index is 11.2. The van der Waals surface area contributed by atoms with Gasteiger partial charge in [-0.15, -0.1) is 4.33 Å². The molecule has 0 heterocycles. The normalized spacial score (nSPS) is 11.5. The van der Waals surface area contributed by atoms with Crippen LogP contribution in [0.3, 0.4) is 0 Å². The van der Waals surface area contributed by atoms with Gasteiger partial charge in [0.1, 0.15) is 0 Å². The van der Waals surface area contributed by atoms with Gasteiger partial charge in [-0.1, -0.05) is 17.7 Å². The quantitative estimate of drug-likeness (QED) is 0.547. The zero-order valence-corrected chi connectivity index (χ0v) is 8.17. The fourth-order valence-electron chi connectivity index (χ4n) is 0.834. The lowest BCUT2D eigenvalue weighted by molar-refractivity contribution is -0.172. The van der Waals surface area contributed by atoms with Crippen LogP contribution in [0.4, 0.5) is 0 Å². The van der Waals surface area contributed by atoms with Gasteiger partial charge in [0.15, 0.2) is 0 Å². The van der Waals surface area contributed by atoms with E-state index in [-0.39, 0.29) is 4.90 Å². The van der Waals surface area contributed by atoms with Crippen LogP contribution in [0.25, 0.3) is 0 Å². The second-order valence-electron chi connectivity index (χ2n) is 2.50. The fourth-order valence-corrected chi connectivity index (χ4v) is 1.56. The average Bonchev–Trinajstić information content (AvgIpc) is 2.05. The first kappa shape index (κ1) is 10.2. The summed E-state index contributed by atoms with van der Waals surface area (Å²) in [5, 5.41) is 0. The van der Waals surface area contributed by atoms with Crippen LogP contribution < -0.4 is 0 Å². The number of hydrogen-bond donors (Lipinski definition) is 0. The predicted octanol–water partition coefficient (Wildman–Crippen LogP) is 1.26. The van der Waals surface area contributed by atoms with Crippen molar-refractivity contribution >= 4 is 10.1 Å². The van der Waals surface area contributed by atoms with Gasteiger partial charge in [-0.05, 0) is 19.1 Å². The second-order valence-corrected chi connectivity index (χ2v) is 4.02. The van der Waals surface area contributed by atoms with E-state index in [2.05, 4.69) is 9.22 Å². The molecule has 4 nitrogen and oxygen atoms in total. The maximum absolute atomic E-state index is 11.2. The molecule has 1 aromatic carbocycles. The molecule has 0 aromatic heterocycles. The summed E-state index contributed by atoms with van der Waals surface area (Å²) in [4.78, 5) is 4.19. The van der Waals surface area contributed by atoms with Gasteiger partial charge in [-0.3, -0.25) is 0 Å². The SMILES string of the molecule is COOS(=O)(=O)c1ccc(C)cc1. The first-order valence-corrected chi connectivity index (χ1v) is 5.01. The third kappa shape index (κ3) is 2.51. The van der Waals surface area contributed by atoms with Gasteiger partial charge < -0.3 is 0 Å². The minimum absolute atomic E-state index is 0.0833. The molecule has 0 aliphatic heterocycles. The van der Waals surface area contributed by atoms with Crippen LogP contribution in [-0.2, 0) is 19.3 Å². The molecule has 0 saturated carbocycles. The van der Waals surface area contributed by atoms with Crippen LogP contribution in [0.15, 0.2) is 29.2 Å². The van der Waals surface area contributed by atoms with Crippen LogP contribution in [-0.4, -0.2) is 15.5 Å². The summed E-state index contributed by atoms with van der Waals surface area (Å²) in [6, 6.07) is 6.30. The zero-order chi connectivity index (χ0) is 9.90. The van der Waals surface area contributed by atoms with E-state index in [0.29, 0.717) is 0 Å². The average molecular weight is 202 g/mol. The van der Waals surface area contributed by atoms with Crippen LogP contribution in [0.1, 0.15) is 5.56 Å². The molecule has 13 heavy (non-hydrogen) atoms. The third-order valence-corrected chi connectivity index (χ3v) is 2.63. The highest BCUT2D eigenvalue weighted by atomic mass is 32.2. The largest absolute Gasteiger partial charge is 0.323 e. The summed E-state index contributed by atoms with van der Waals surface area (Å²) >= 11 is 0. The molecule has 1 rings (SSSR count). The van der Waals surface area contributed by atoms with Gasteiger partial charge in [-0.25, -0.2) is 4.89 Å². The summed E-state index contributed by atoms with van der Waals surface area (Å²) in [7, 11) is -2.60. The van der Waals surface area contributed by atoms with E-state index >= 15 is 0 Å². The van der Waals surface area contributed by atoms with Crippen LogP contribution in [0.2, 0.25) is 0 Å². The smallest absolute Gasteiger partial charge is 0.223 e. The lowest BCUT2D eigenvalue weighted by atomic mass is 10.2. The van der Waals surface area contributed by atoms with Crippen LogP contribution in [0.5, 0.6) is 0 Å². The topological polar surface area (TPSA) is 52.6 Å². The van der Waals surface area contributed by atoms with Crippen LogP contribution >= 0.6 is 0 Å². The van der Waals surface area contributed by atoms with Crippen molar-refractivity contribution in [3.05, 3.63) is 29.8 Å². The summed E-state index contributed by atoms with van der Waals surface area (Å²) in [5.41, 5.74) is 0.983. The van der Waals surface area contributed by atoms with Gasteiger partial charge >= 0.3 is 10.1 Å². The fraction of sp³-hybridized carbons (Fsp3) is 0.250. The van der Waals surface area contributed by atoms with Gasteiger partial charge in [-0.2, -0.15) is 8.42 Å². The Hall–Kier alpha value is -0.910. The maximum Gasteiger partial charge on any atom is 0.323 e. The first-order valence-electron chi connectivity index (χ1n) is 3.60. The summed E-state index contributed by atoms with van der Waals surface area (Å²) in [5.74, 6) is 0. The van der Waals surface area contributed by atoms with Gasteiger partial charge in [0, 0.05) is 0 Å². The Kier molecular flexibility index (Phi) is 3.02. The number of benzene rings is 1. The Balaban J connectivity index is 3.02. The van der Waals surface area contributed by atoms with Crippen molar-refractivity contribution < 1.29 is 17.6 Å². The van der Waals surface area contributed by atoms with E-state index in [1.54, 1.807) is 12.1 Å². The summed E-state index contributed by atoms with van der Waals surface area (Å²) < 4.78 is 26.5. The highest BCUT2D eigenvalue weighted by molar-refractivity contribution is 7.86. The standard InChI is InChI=1S/C8H10O4S/c1-7-3-5-8(6-4-7)13(9,10)12-11-2/h3-6H,1-2H3. The predicted molar refractivity (Wildman–Crippen MR) is 46.5 cm³/mol. The summed E-state index contributed by atoms with van der Waals surface area (Å²) in [6.45, 7) is 1.87. The molecule has 5 heteroatoms. The molecular formula is C8H10O4S. The van der Waals surface area contributed by atoms with Gasteiger partial charge in [0.2, 0.25) is 0 Å². The van der Waals surface area contributed by atoms with E-state index < -0.39 is 10.1 Å². The van der Waals surface area contributed by atoms with Gasteiger partial charge in [0.25, 0.3) is 0 Å². The molecule has 0 radical (unpaired) electrons. The summed E-state index contributed by atoms with van der Waals surface area (Å²) in [6.07, 6.45) is 0. The molecule has 0 aliphatic carbocycles. The Morgan fingerprint density at radius 2 is 1.69 bits per heavy atom. The Morgan fingerprint density at radius 1 is 1.15 bits per heavy atom. The van der Waals surface area contributed by atoms with Crippen LogP contribution in [0, 0.1) is 6.92 Å². The van der Waals surface area contributed by atoms with Crippen molar-refractivity contribution in [3.8, 4) is 0 Å². The highest BCUT2D eigenvalue weighted by Crippen LogP contribution is 2.12. The Bertz CT molecular complexity index is 366. The molecule has 0 unspecified atom stereocenters. The van der Waals surface area contributed by atoms with E-state index in [1.165, 1.54) is 12.1 Å². The van der Waals surface area contributed by atoms with Gasteiger partial charge in [0.05, 0.1) is 12.0 Å². The Morgan fingerprint density at radius 3 is 2.15 bits per heavy atom. The molecular weight excluding hydrogens is 192 g/mol. The second kappa shape index (κ2) is 3.87. The third-order valence-electron chi connectivity index (χ3n) is 1.47. The molecule has 0 atom stereocenters. The van der Waals surface area contributed by atoms with Crippen molar-refractivity contribution in [3.63, 3.8) is 0 Å². The minimum Gasteiger partial charge on any atom is -0.223 e. The van der Waals surface area contributed by atoms with E-state index in [9.17, 15) is 8.42 Å². The van der Waals surface area contributed by atoms with Crippen molar-refractivity contribution in [2.24, 2.45) is 0 Å². The number of aryl methyl sites for hydroxylation is 1. The molecule has 0 N–H and O–H groups in total. The molecule has 72 valence electrons. The lowest BCUT2D eigenvalue weighted by Gasteiger charge is -2.01. The minimum atomic E-state index is -3.75. The van der Waals surface area contributed by atoms with Crippen molar-refractivity contribution in [2.75, 3.05) is 7.11 Å². The van der Waals surface area contributed by atoms with E-state index in [1.807, 2.05) is 6.92 Å². The number of rotatable bonds is 3. The van der Waals surface area contributed by atoms with Crippen molar-refractivity contribution in [1.82, 2.24) is 0 Å². The molecule has 0 aliphatic rings. The molecule has 0 bridgehead atoms.